The van der Waals surface area contributed by atoms with Crippen LogP contribution in [0.25, 0.3) is 0 Å². The Bertz CT molecular complexity index is 339. The minimum Gasteiger partial charge on any atom is -0.496 e. The number of methoxy groups -OCH3 is 1. The number of hydrazine groups is 1. The van der Waals surface area contributed by atoms with Crippen LogP contribution in [0.15, 0.2) is 18.2 Å². The first-order valence-electron chi connectivity index (χ1n) is 4.09. The first-order valence-corrected chi connectivity index (χ1v) is 4.09. The van der Waals surface area contributed by atoms with Crippen molar-refractivity contribution < 1.29 is 9.53 Å². The van der Waals surface area contributed by atoms with Crippen molar-refractivity contribution in [1.29, 1.82) is 0 Å². The van der Waals surface area contributed by atoms with E-state index in [1.165, 1.54) is 7.11 Å². The Labute approximate surface area is 82.0 Å². The van der Waals surface area contributed by atoms with E-state index in [4.69, 9.17) is 16.3 Å². The smallest absolute Gasteiger partial charge is 0.238 e. The lowest BCUT2D eigenvalue weighted by atomic mass is 10.1. The van der Waals surface area contributed by atoms with Gasteiger partial charge in [-0.25, -0.2) is 5.84 Å². The molecule has 0 atom stereocenters. The molecular weight excluding hydrogens is 182 g/mol. The van der Waals surface area contributed by atoms with Crippen molar-refractivity contribution in [2.75, 3.05) is 12.8 Å². The molecule has 5 N–H and O–H groups in total. The van der Waals surface area contributed by atoms with Gasteiger partial charge in [0.25, 0.3) is 0 Å². The summed E-state index contributed by atoms with van der Waals surface area (Å²) in [7, 11) is 1.54. The molecule has 0 fully saturated rings. The molecule has 14 heavy (non-hydrogen) atoms. The van der Waals surface area contributed by atoms with Crippen molar-refractivity contribution in [2.45, 2.75) is 6.42 Å². The van der Waals surface area contributed by atoms with Gasteiger partial charge in [0, 0.05) is 11.3 Å². The molecule has 0 unspecified atom stereocenters. The minimum atomic E-state index is -0.283. The lowest BCUT2D eigenvalue weighted by Crippen LogP contribution is -2.31. The number of ether oxygens (including phenoxy) is 1. The van der Waals surface area contributed by atoms with Gasteiger partial charge in [0.15, 0.2) is 0 Å². The van der Waals surface area contributed by atoms with Gasteiger partial charge < -0.3 is 10.5 Å². The molecule has 0 saturated carbocycles. The van der Waals surface area contributed by atoms with Gasteiger partial charge in [-0.1, -0.05) is 0 Å². The number of nitrogens with two attached hydrogens (primary N) is 2. The summed E-state index contributed by atoms with van der Waals surface area (Å²) in [5.74, 6) is 5.32. The Morgan fingerprint density at radius 1 is 1.57 bits per heavy atom. The van der Waals surface area contributed by atoms with Crippen molar-refractivity contribution in [2.24, 2.45) is 5.84 Å². The summed E-state index contributed by atoms with van der Waals surface area (Å²) >= 11 is 0. The molecule has 0 radical (unpaired) electrons. The van der Waals surface area contributed by atoms with Crippen LogP contribution in [-0.2, 0) is 11.2 Å². The van der Waals surface area contributed by atoms with Crippen LogP contribution in [0.5, 0.6) is 5.75 Å². The summed E-state index contributed by atoms with van der Waals surface area (Å²) in [5, 5.41) is 0. The van der Waals surface area contributed by atoms with Crippen molar-refractivity contribution in [3.63, 3.8) is 0 Å². The highest BCUT2D eigenvalue weighted by Gasteiger charge is 2.07. The first kappa shape index (κ1) is 10.3. The van der Waals surface area contributed by atoms with Gasteiger partial charge in [-0.2, -0.15) is 0 Å². The standard InChI is InChI=1S/C9H13N3O2/c1-14-8-3-2-7(10)4-6(8)5-9(13)12-11/h2-4H,5,10-11H2,1H3,(H,12,13). The fourth-order valence-corrected chi connectivity index (χ4v) is 1.16. The fraction of sp³-hybridized carbons (Fsp3) is 0.222. The monoisotopic (exact) mass is 195 g/mol. The number of carbonyl (C=O) groups excluding carboxylic acids is 1. The third-order valence-electron chi connectivity index (χ3n) is 1.82. The highest BCUT2D eigenvalue weighted by molar-refractivity contribution is 5.79. The van der Waals surface area contributed by atoms with Gasteiger partial charge in [0.2, 0.25) is 5.91 Å². The van der Waals surface area contributed by atoms with Crippen molar-refractivity contribution in [3.8, 4) is 5.75 Å². The van der Waals surface area contributed by atoms with Crippen LogP contribution in [0.1, 0.15) is 5.56 Å². The third-order valence-corrected chi connectivity index (χ3v) is 1.82. The van der Waals surface area contributed by atoms with Crippen LogP contribution in [0.4, 0.5) is 5.69 Å². The zero-order chi connectivity index (χ0) is 10.6. The molecule has 0 aliphatic rings. The van der Waals surface area contributed by atoms with Crippen LogP contribution < -0.4 is 21.7 Å². The number of amides is 1. The predicted molar refractivity (Wildman–Crippen MR) is 53.4 cm³/mol. The number of benzene rings is 1. The molecule has 0 aromatic heterocycles. The molecule has 1 aromatic rings. The van der Waals surface area contributed by atoms with Crippen LogP contribution >= 0.6 is 0 Å². The predicted octanol–water partition coefficient (Wildman–Crippen LogP) is -0.190. The number of anilines is 1. The number of hydrogen-bond donors (Lipinski definition) is 3. The molecular formula is C9H13N3O2. The Kier molecular flexibility index (Phi) is 3.30. The Morgan fingerprint density at radius 3 is 2.86 bits per heavy atom. The van der Waals surface area contributed by atoms with Crippen LogP contribution in [-0.4, -0.2) is 13.0 Å². The molecule has 1 aromatic carbocycles. The summed E-state index contributed by atoms with van der Waals surface area (Å²) in [6.45, 7) is 0. The number of nitrogen functional groups attached to an aromatic ring is 1. The molecule has 0 saturated heterocycles. The van der Waals surface area contributed by atoms with E-state index in [1.807, 2.05) is 5.43 Å². The van der Waals surface area contributed by atoms with E-state index in [1.54, 1.807) is 18.2 Å². The van der Waals surface area contributed by atoms with Gasteiger partial charge in [0.05, 0.1) is 13.5 Å². The van der Waals surface area contributed by atoms with Crippen LogP contribution in [0.2, 0.25) is 0 Å². The second kappa shape index (κ2) is 4.48. The zero-order valence-electron chi connectivity index (χ0n) is 7.91. The second-order valence-corrected chi connectivity index (χ2v) is 2.82. The van der Waals surface area contributed by atoms with Gasteiger partial charge in [-0.15, -0.1) is 0 Å². The summed E-state index contributed by atoms with van der Waals surface area (Å²) < 4.78 is 5.07. The van der Waals surface area contributed by atoms with E-state index in [0.29, 0.717) is 11.4 Å². The molecule has 0 heterocycles. The number of nitrogens with one attached hydrogen (secondary N) is 1. The maximum absolute atomic E-state index is 11.0. The molecule has 5 nitrogen and oxygen atoms in total. The lowest BCUT2D eigenvalue weighted by molar-refractivity contribution is -0.120. The Hall–Kier alpha value is -1.75. The van der Waals surface area contributed by atoms with E-state index in [-0.39, 0.29) is 12.3 Å². The third kappa shape index (κ3) is 2.37. The highest BCUT2D eigenvalue weighted by Crippen LogP contribution is 2.21. The Balaban J connectivity index is 2.93. The molecule has 0 aliphatic heterocycles. The quantitative estimate of drug-likeness (QED) is 0.270. The molecule has 1 amide bonds. The lowest BCUT2D eigenvalue weighted by Gasteiger charge is -2.08. The molecule has 1 rings (SSSR count). The summed E-state index contributed by atoms with van der Waals surface area (Å²) in [4.78, 5) is 11.0. The number of hydrogen-bond acceptors (Lipinski definition) is 4. The average molecular weight is 195 g/mol. The Morgan fingerprint density at radius 2 is 2.29 bits per heavy atom. The average Bonchev–Trinajstić information content (AvgIpc) is 2.18. The number of rotatable bonds is 3. The van der Waals surface area contributed by atoms with Crippen molar-refractivity contribution in [1.82, 2.24) is 5.43 Å². The van der Waals surface area contributed by atoms with Crippen LogP contribution in [0.3, 0.4) is 0 Å². The van der Waals surface area contributed by atoms with Gasteiger partial charge in [-0.3, -0.25) is 10.2 Å². The van der Waals surface area contributed by atoms with E-state index in [9.17, 15) is 4.79 Å². The largest absolute Gasteiger partial charge is 0.496 e. The van der Waals surface area contributed by atoms with E-state index in [0.717, 1.165) is 5.56 Å². The fourth-order valence-electron chi connectivity index (χ4n) is 1.16. The number of carbonyl (C=O) groups is 1. The van der Waals surface area contributed by atoms with Crippen molar-refractivity contribution >= 4 is 11.6 Å². The van der Waals surface area contributed by atoms with Crippen LogP contribution in [0, 0.1) is 0 Å². The summed E-state index contributed by atoms with van der Waals surface area (Å²) in [5.41, 5.74) is 8.94. The van der Waals surface area contributed by atoms with E-state index >= 15 is 0 Å². The van der Waals surface area contributed by atoms with Gasteiger partial charge in [-0.05, 0) is 18.2 Å². The molecule has 0 spiro atoms. The molecule has 76 valence electrons. The van der Waals surface area contributed by atoms with E-state index < -0.39 is 0 Å². The zero-order valence-corrected chi connectivity index (χ0v) is 7.91. The maximum atomic E-state index is 11.0. The molecule has 0 aliphatic carbocycles. The second-order valence-electron chi connectivity index (χ2n) is 2.82. The van der Waals surface area contributed by atoms with Gasteiger partial charge >= 0.3 is 0 Å². The van der Waals surface area contributed by atoms with E-state index in [2.05, 4.69) is 0 Å². The molecule has 0 bridgehead atoms. The SMILES string of the molecule is COc1ccc(N)cc1CC(=O)NN. The van der Waals surface area contributed by atoms with Gasteiger partial charge in [0.1, 0.15) is 5.75 Å². The molecule has 5 heteroatoms. The highest BCUT2D eigenvalue weighted by atomic mass is 16.5. The topological polar surface area (TPSA) is 90.4 Å². The minimum absolute atomic E-state index is 0.157. The van der Waals surface area contributed by atoms with Crippen molar-refractivity contribution in [3.05, 3.63) is 23.8 Å². The normalized spacial score (nSPS) is 9.57. The summed E-state index contributed by atoms with van der Waals surface area (Å²) in [6.07, 6.45) is 0.157. The summed E-state index contributed by atoms with van der Waals surface area (Å²) in [6, 6.07) is 5.12. The first-order chi connectivity index (χ1) is 6.67. The maximum Gasteiger partial charge on any atom is 0.238 e.